The van der Waals surface area contributed by atoms with Gasteiger partial charge in [0.15, 0.2) is 0 Å². The molecule has 0 aromatic heterocycles. The Morgan fingerprint density at radius 1 is 1.00 bits per heavy atom. The van der Waals surface area contributed by atoms with Gasteiger partial charge in [0, 0.05) is 24.7 Å². The lowest BCUT2D eigenvalue weighted by atomic mass is 9.88. The van der Waals surface area contributed by atoms with Crippen LogP contribution in [0.15, 0.2) is 48.5 Å². The van der Waals surface area contributed by atoms with Crippen molar-refractivity contribution in [3.8, 4) is 0 Å². The van der Waals surface area contributed by atoms with Crippen molar-refractivity contribution in [1.29, 1.82) is 0 Å². The SMILES string of the molecule is CC[C@@H](C)NC(=O)[C@@H](NC(=O)c1ccccc1Cl)C1CCN(C(=O)c2ccccc2C)CC1. The molecule has 1 heterocycles. The zero-order chi connectivity index (χ0) is 24.0. The molecule has 3 amide bonds. The second-order valence-electron chi connectivity index (χ2n) is 8.69. The zero-order valence-electron chi connectivity index (χ0n) is 19.4. The molecule has 0 radical (unpaired) electrons. The van der Waals surface area contributed by atoms with E-state index in [1.807, 2.05) is 49.9 Å². The normalized spacial score (nSPS) is 16.1. The second-order valence-corrected chi connectivity index (χ2v) is 9.10. The number of hydrogen-bond donors (Lipinski definition) is 2. The first-order valence-corrected chi connectivity index (χ1v) is 11.9. The molecule has 7 heteroatoms. The number of carbonyl (C=O) groups is 3. The Morgan fingerprint density at radius 2 is 1.61 bits per heavy atom. The third-order valence-corrected chi connectivity index (χ3v) is 6.69. The van der Waals surface area contributed by atoms with Crippen LogP contribution in [0.25, 0.3) is 0 Å². The summed E-state index contributed by atoms with van der Waals surface area (Å²) in [4.78, 5) is 40.8. The Morgan fingerprint density at radius 3 is 2.21 bits per heavy atom. The molecule has 2 N–H and O–H groups in total. The average Bonchev–Trinajstić information content (AvgIpc) is 2.82. The van der Waals surface area contributed by atoms with Gasteiger partial charge in [0.05, 0.1) is 10.6 Å². The van der Waals surface area contributed by atoms with Crippen molar-refractivity contribution >= 4 is 29.3 Å². The van der Waals surface area contributed by atoms with Crippen molar-refractivity contribution < 1.29 is 14.4 Å². The van der Waals surface area contributed by atoms with Gasteiger partial charge in [-0.2, -0.15) is 0 Å². The van der Waals surface area contributed by atoms with Crippen molar-refractivity contribution in [3.05, 3.63) is 70.2 Å². The molecule has 2 atom stereocenters. The molecule has 1 aliphatic heterocycles. The van der Waals surface area contributed by atoms with Gasteiger partial charge in [-0.25, -0.2) is 0 Å². The number of nitrogens with one attached hydrogen (secondary N) is 2. The van der Waals surface area contributed by atoms with Gasteiger partial charge in [-0.1, -0.05) is 48.9 Å². The number of benzene rings is 2. The van der Waals surface area contributed by atoms with Crippen LogP contribution in [0.3, 0.4) is 0 Å². The van der Waals surface area contributed by atoms with Gasteiger partial charge in [-0.05, 0) is 62.8 Å². The highest BCUT2D eigenvalue weighted by Gasteiger charge is 2.35. The highest BCUT2D eigenvalue weighted by Crippen LogP contribution is 2.24. The third kappa shape index (κ3) is 6.14. The number of nitrogens with zero attached hydrogens (tertiary/aromatic N) is 1. The van der Waals surface area contributed by atoms with Gasteiger partial charge in [0.1, 0.15) is 6.04 Å². The van der Waals surface area contributed by atoms with Crippen molar-refractivity contribution in [2.45, 2.75) is 52.1 Å². The standard InChI is InChI=1S/C26H32ClN3O3/c1-4-18(3)28-25(32)23(29-24(31)21-11-7-8-12-22(21)27)19-13-15-30(16-14-19)26(33)20-10-6-5-9-17(20)2/h5-12,18-19,23H,4,13-16H2,1-3H3,(H,28,32)(H,29,31)/t18-,23+/m1/s1. The number of amides is 3. The van der Waals surface area contributed by atoms with Crippen LogP contribution in [0.5, 0.6) is 0 Å². The van der Waals surface area contributed by atoms with Crippen LogP contribution >= 0.6 is 11.6 Å². The smallest absolute Gasteiger partial charge is 0.254 e. The van der Waals surface area contributed by atoms with E-state index in [0.717, 1.165) is 12.0 Å². The molecule has 176 valence electrons. The fraction of sp³-hybridized carbons (Fsp3) is 0.423. The summed E-state index contributed by atoms with van der Waals surface area (Å²) >= 11 is 6.19. The monoisotopic (exact) mass is 469 g/mol. The summed E-state index contributed by atoms with van der Waals surface area (Å²) in [5.74, 6) is -0.648. The summed E-state index contributed by atoms with van der Waals surface area (Å²) < 4.78 is 0. The molecule has 0 saturated carbocycles. The number of hydrogen-bond acceptors (Lipinski definition) is 3. The number of piperidine rings is 1. The first-order chi connectivity index (χ1) is 15.8. The first-order valence-electron chi connectivity index (χ1n) is 11.5. The lowest BCUT2D eigenvalue weighted by Crippen LogP contribution is -2.55. The molecule has 2 aromatic rings. The van der Waals surface area contributed by atoms with Gasteiger partial charge in [-0.3, -0.25) is 14.4 Å². The van der Waals surface area contributed by atoms with Crippen molar-refractivity contribution in [2.24, 2.45) is 5.92 Å². The molecule has 1 aliphatic rings. The van der Waals surface area contributed by atoms with E-state index in [0.29, 0.717) is 42.1 Å². The number of likely N-dealkylation sites (tertiary alicyclic amines) is 1. The van der Waals surface area contributed by atoms with E-state index in [1.54, 1.807) is 24.3 Å². The number of rotatable bonds is 7. The van der Waals surface area contributed by atoms with Crippen LogP contribution in [-0.4, -0.2) is 47.8 Å². The van der Waals surface area contributed by atoms with E-state index in [2.05, 4.69) is 10.6 Å². The first kappa shape index (κ1) is 24.8. The molecule has 2 aromatic carbocycles. The molecule has 0 bridgehead atoms. The summed E-state index contributed by atoms with van der Waals surface area (Å²) in [7, 11) is 0. The Hall–Kier alpha value is -2.86. The predicted octanol–water partition coefficient (Wildman–Crippen LogP) is 4.21. The molecule has 3 rings (SSSR count). The zero-order valence-corrected chi connectivity index (χ0v) is 20.2. The van der Waals surface area contributed by atoms with Crippen LogP contribution in [0.1, 0.15) is 59.4 Å². The van der Waals surface area contributed by atoms with E-state index in [9.17, 15) is 14.4 Å². The average molecular weight is 470 g/mol. The topological polar surface area (TPSA) is 78.5 Å². The lowest BCUT2D eigenvalue weighted by Gasteiger charge is -2.36. The molecule has 33 heavy (non-hydrogen) atoms. The molecular weight excluding hydrogens is 438 g/mol. The minimum atomic E-state index is -0.696. The molecule has 6 nitrogen and oxygen atoms in total. The van der Waals surface area contributed by atoms with Crippen LogP contribution in [-0.2, 0) is 4.79 Å². The summed E-state index contributed by atoms with van der Waals surface area (Å²) in [6.45, 7) is 6.94. The van der Waals surface area contributed by atoms with Crippen LogP contribution in [0, 0.1) is 12.8 Å². The molecule has 0 aliphatic carbocycles. The predicted molar refractivity (Wildman–Crippen MR) is 130 cm³/mol. The van der Waals surface area contributed by atoms with Crippen molar-refractivity contribution in [3.63, 3.8) is 0 Å². The maximum absolute atomic E-state index is 13.1. The third-order valence-electron chi connectivity index (χ3n) is 6.36. The fourth-order valence-electron chi connectivity index (χ4n) is 4.12. The summed E-state index contributed by atoms with van der Waals surface area (Å²) in [5, 5.41) is 6.26. The fourth-order valence-corrected chi connectivity index (χ4v) is 4.34. The minimum absolute atomic E-state index is 0.0000575. The highest BCUT2D eigenvalue weighted by atomic mass is 35.5. The lowest BCUT2D eigenvalue weighted by molar-refractivity contribution is -0.125. The largest absolute Gasteiger partial charge is 0.352 e. The second kappa shape index (κ2) is 11.3. The van der Waals surface area contributed by atoms with E-state index in [4.69, 9.17) is 11.6 Å². The molecule has 1 saturated heterocycles. The summed E-state index contributed by atoms with van der Waals surface area (Å²) in [5.41, 5.74) is 1.99. The van der Waals surface area contributed by atoms with Crippen molar-refractivity contribution in [1.82, 2.24) is 15.5 Å². The highest BCUT2D eigenvalue weighted by molar-refractivity contribution is 6.33. The Kier molecular flexibility index (Phi) is 8.50. The van der Waals surface area contributed by atoms with Crippen LogP contribution in [0.2, 0.25) is 5.02 Å². The molecule has 0 spiro atoms. The van der Waals surface area contributed by atoms with E-state index in [1.165, 1.54) is 0 Å². The Bertz CT molecular complexity index is 1000. The van der Waals surface area contributed by atoms with Gasteiger partial charge in [0.2, 0.25) is 5.91 Å². The quantitative estimate of drug-likeness (QED) is 0.637. The molecular formula is C26H32ClN3O3. The molecule has 1 fully saturated rings. The molecule has 0 unspecified atom stereocenters. The number of halogens is 1. The van der Waals surface area contributed by atoms with Crippen molar-refractivity contribution in [2.75, 3.05) is 13.1 Å². The van der Waals surface area contributed by atoms with Crippen LogP contribution in [0.4, 0.5) is 0 Å². The van der Waals surface area contributed by atoms with E-state index >= 15 is 0 Å². The van der Waals surface area contributed by atoms with Gasteiger partial charge < -0.3 is 15.5 Å². The number of carbonyl (C=O) groups excluding carboxylic acids is 3. The Labute approximate surface area is 200 Å². The number of aryl methyl sites for hydroxylation is 1. The van der Waals surface area contributed by atoms with Crippen LogP contribution < -0.4 is 10.6 Å². The van der Waals surface area contributed by atoms with Gasteiger partial charge >= 0.3 is 0 Å². The van der Waals surface area contributed by atoms with E-state index in [-0.39, 0.29) is 29.7 Å². The van der Waals surface area contributed by atoms with Gasteiger partial charge in [0.25, 0.3) is 11.8 Å². The van der Waals surface area contributed by atoms with E-state index < -0.39 is 6.04 Å². The maximum Gasteiger partial charge on any atom is 0.254 e. The Balaban J connectivity index is 1.72. The minimum Gasteiger partial charge on any atom is -0.352 e. The van der Waals surface area contributed by atoms with Gasteiger partial charge in [-0.15, -0.1) is 0 Å². The summed E-state index contributed by atoms with van der Waals surface area (Å²) in [6, 6.07) is 13.7. The maximum atomic E-state index is 13.1. The summed E-state index contributed by atoms with van der Waals surface area (Å²) in [6.07, 6.45) is 2.04.